The Hall–Kier alpha value is -4.23. The quantitative estimate of drug-likeness (QED) is 0.225. The molecule has 0 radical (unpaired) electrons. The first-order chi connectivity index (χ1) is 20.0. The number of rotatable bonds is 11. The van der Waals surface area contributed by atoms with Gasteiger partial charge in [-0.1, -0.05) is 72.8 Å². The first-order valence-corrected chi connectivity index (χ1v) is 14.0. The summed E-state index contributed by atoms with van der Waals surface area (Å²) in [6.07, 6.45) is 1.64. The zero-order valence-electron chi connectivity index (χ0n) is 23.2. The third kappa shape index (κ3) is 7.50. The molecule has 1 unspecified atom stereocenters. The van der Waals surface area contributed by atoms with Gasteiger partial charge in [0.15, 0.2) is 0 Å². The molecular formula is C34H35FN2O4. The van der Waals surface area contributed by atoms with Crippen LogP contribution in [0.25, 0.3) is 0 Å². The van der Waals surface area contributed by atoms with E-state index >= 15 is 0 Å². The normalized spacial score (nSPS) is 14.8. The van der Waals surface area contributed by atoms with Crippen LogP contribution in [0.3, 0.4) is 0 Å². The van der Waals surface area contributed by atoms with Crippen LogP contribution in [-0.4, -0.2) is 47.4 Å². The molecule has 3 aromatic carbocycles. The SMILES string of the molecule is Cc1ccc(CN(Cc2ccc(F)cc2)C(=O)CN(CC2CCCO2)C(=O)C(c2ccccc2)c2ccccc2)o1. The molecule has 0 aliphatic carbocycles. The highest BCUT2D eigenvalue weighted by molar-refractivity contribution is 5.91. The van der Waals surface area contributed by atoms with Crippen LogP contribution in [0.15, 0.2) is 101 Å². The van der Waals surface area contributed by atoms with E-state index in [1.165, 1.54) is 12.1 Å². The van der Waals surface area contributed by atoms with Crippen molar-refractivity contribution in [2.24, 2.45) is 0 Å². The summed E-state index contributed by atoms with van der Waals surface area (Å²) in [6.45, 7) is 3.19. The molecule has 0 saturated carbocycles. The summed E-state index contributed by atoms with van der Waals surface area (Å²) >= 11 is 0. The highest BCUT2D eigenvalue weighted by Gasteiger charge is 2.32. The maximum atomic E-state index is 14.4. The third-order valence-electron chi connectivity index (χ3n) is 7.38. The lowest BCUT2D eigenvalue weighted by molar-refractivity contribution is -0.143. The zero-order valence-corrected chi connectivity index (χ0v) is 23.2. The minimum atomic E-state index is -0.565. The van der Waals surface area contributed by atoms with Crippen molar-refractivity contribution in [1.29, 1.82) is 0 Å². The van der Waals surface area contributed by atoms with Crippen molar-refractivity contribution >= 4 is 11.8 Å². The average Bonchev–Trinajstić information content (AvgIpc) is 3.66. The van der Waals surface area contributed by atoms with E-state index in [0.29, 0.717) is 18.9 Å². The third-order valence-corrected chi connectivity index (χ3v) is 7.38. The smallest absolute Gasteiger partial charge is 0.242 e. The van der Waals surface area contributed by atoms with E-state index in [9.17, 15) is 14.0 Å². The minimum absolute atomic E-state index is 0.115. The molecule has 1 saturated heterocycles. The molecule has 0 spiro atoms. The number of ether oxygens (including phenoxy) is 1. The van der Waals surface area contributed by atoms with E-state index < -0.39 is 5.92 Å². The summed E-state index contributed by atoms with van der Waals surface area (Å²) in [4.78, 5) is 31.7. The average molecular weight is 555 g/mol. The van der Waals surface area contributed by atoms with Crippen molar-refractivity contribution in [3.8, 4) is 0 Å². The molecule has 1 fully saturated rings. The highest BCUT2D eigenvalue weighted by Crippen LogP contribution is 2.28. The van der Waals surface area contributed by atoms with Gasteiger partial charge in [0.25, 0.3) is 0 Å². The van der Waals surface area contributed by atoms with Crippen LogP contribution in [0, 0.1) is 12.7 Å². The first kappa shape index (κ1) is 28.3. The Labute approximate surface area is 240 Å². The van der Waals surface area contributed by atoms with Crippen LogP contribution in [-0.2, 0) is 27.4 Å². The first-order valence-electron chi connectivity index (χ1n) is 14.0. The lowest BCUT2D eigenvalue weighted by atomic mass is 9.90. The fraction of sp³-hybridized carbons (Fsp3) is 0.294. The number of furan rings is 1. The Morgan fingerprint density at radius 1 is 0.854 bits per heavy atom. The topological polar surface area (TPSA) is 63.0 Å². The second-order valence-corrected chi connectivity index (χ2v) is 10.5. The summed E-state index contributed by atoms with van der Waals surface area (Å²) in [5.74, 6) is 0.107. The minimum Gasteiger partial charge on any atom is -0.464 e. The molecule has 6 nitrogen and oxygen atoms in total. The molecule has 1 aliphatic rings. The summed E-state index contributed by atoms with van der Waals surface area (Å²) in [7, 11) is 0. The van der Waals surface area contributed by atoms with E-state index in [1.807, 2.05) is 79.7 Å². The van der Waals surface area contributed by atoms with Gasteiger partial charge in [0.1, 0.15) is 17.3 Å². The number of nitrogens with zero attached hydrogens (tertiary/aromatic N) is 2. The van der Waals surface area contributed by atoms with Gasteiger partial charge >= 0.3 is 0 Å². The number of benzene rings is 3. The summed E-state index contributed by atoms with van der Waals surface area (Å²) in [6, 6.07) is 29.1. The number of aryl methyl sites for hydroxylation is 1. The van der Waals surface area contributed by atoms with Gasteiger partial charge in [-0.25, -0.2) is 4.39 Å². The molecule has 212 valence electrons. The van der Waals surface area contributed by atoms with Crippen molar-refractivity contribution in [2.75, 3.05) is 19.7 Å². The molecule has 5 rings (SSSR count). The van der Waals surface area contributed by atoms with Crippen LogP contribution < -0.4 is 0 Å². The molecule has 1 atom stereocenters. The van der Waals surface area contributed by atoms with E-state index in [0.717, 1.165) is 35.3 Å². The number of halogens is 1. The molecule has 0 bridgehead atoms. The standard InChI is InChI=1S/C34H35FN2O4/c1-25-14-19-31(41-25)23-36(21-26-15-17-29(35)18-16-26)32(38)24-37(22-30-13-8-20-40-30)34(39)33(27-9-4-2-5-10-27)28-11-6-3-7-12-28/h2-7,9-12,14-19,30,33H,8,13,20-24H2,1H3. The summed E-state index contributed by atoms with van der Waals surface area (Å²) in [5.41, 5.74) is 2.51. The molecule has 41 heavy (non-hydrogen) atoms. The molecule has 2 heterocycles. The Morgan fingerprint density at radius 3 is 2.07 bits per heavy atom. The van der Waals surface area contributed by atoms with Gasteiger partial charge < -0.3 is 19.0 Å². The predicted octanol–water partition coefficient (Wildman–Crippen LogP) is 6.10. The highest BCUT2D eigenvalue weighted by atomic mass is 19.1. The van der Waals surface area contributed by atoms with Crippen LogP contribution in [0.5, 0.6) is 0 Å². The molecule has 7 heteroatoms. The van der Waals surface area contributed by atoms with Gasteiger partial charge in [0, 0.05) is 19.7 Å². The maximum Gasteiger partial charge on any atom is 0.242 e. The van der Waals surface area contributed by atoms with Gasteiger partial charge in [-0.05, 0) is 60.7 Å². The molecule has 0 N–H and O–H groups in total. The van der Waals surface area contributed by atoms with Gasteiger partial charge in [-0.2, -0.15) is 0 Å². The van der Waals surface area contributed by atoms with Crippen LogP contribution in [0.2, 0.25) is 0 Å². The van der Waals surface area contributed by atoms with Gasteiger partial charge in [-0.3, -0.25) is 9.59 Å². The Morgan fingerprint density at radius 2 is 1.51 bits per heavy atom. The lowest BCUT2D eigenvalue weighted by Crippen LogP contribution is -2.47. The van der Waals surface area contributed by atoms with Crippen molar-refractivity contribution in [2.45, 2.75) is 44.9 Å². The fourth-order valence-electron chi connectivity index (χ4n) is 5.28. The Kier molecular flexibility index (Phi) is 9.26. The van der Waals surface area contributed by atoms with Crippen molar-refractivity contribution in [1.82, 2.24) is 9.80 Å². The largest absolute Gasteiger partial charge is 0.464 e. The van der Waals surface area contributed by atoms with Crippen LogP contribution in [0.4, 0.5) is 4.39 Å². The molecule has 1 aliphatic heterocycles. The number of hydrogen-bond acceptors (Lipinski definition) is 4. The van der Waals surface area contributed by atoms with E-state index in [-0.39, 0.29) is 43.4 Å². The Balaban J connectivity index is 1.44. The molecule has 2 amide bonds. The molecular weight excluding hydrogens is 519 g/mol. The molecule has 4 aromatic rings. The number of amides is 2. The van der Waals surface area contributed by atoms with E-state index in [2.05, 4.69) is 0 Å². The van der Waals surface area contributed by atoms with Gasteiger partial charge in [0.2, 0.25) is 11.8 Å². The van der Waals surface area contributed by atoms with Crippen LogP contribution >= 0.6 is 0 Å². The van der Waals surface area contributed by atoms with Crippen LogP contribution in [0.1, 0.15) is 47.0 Å². The van der Waals surface area contributed by atoms with E-state index in [4.69, 9.17) is 9.15 Å². The number of hydrogen-bond donors (Lipinski definition) is 0. The Bertz CT molecular complexity index is 1380. The number of carbonyl (C=O) groups excluding carboxylic acids is 2. The van der Waals surface area contributed by atoms with Crippen molar-refractivity contribution in [3.63, 3.8) is 0 Å². The van der Waals surface area contributed by atoms with Gasteiger partial charge in [-0.15, -0.1) is 0 Å². The maximum absolute atomic E-state index is 14.4. The van der Waals surface area contributed by atoms with Gasteiger partial charge in [0.05, 0.1) is 25.1 Å². The molecule has 1 aromatic heterocycles. The number of carbonyl (C=O) groups is 2. The fourth-order valence-corrected chi connectivity index (χ4v) is 5.28. The van der Waals surface area contributed by atoms with E-state index in [1.54, 1.807) is 21.9 Å². The van der Waals surface area contributed by atoms with Crippen molar-refractivity contribution < 1.29 is 23.1 Å². The predicted molar refractivity (Wildman–Crippen MR) is 154 cm³/mol. The zero-order chi connectivity index (χ0) is 28.6. The second-order valence-electron chi connectivity index (χ2n) is 10.5. The summed E-state index contributed by atoms with van der Waals surface area (Å²) in [5, 5.41) is 0. The lowest BCUT2D eigenvalue weighted by Gasteiger charge is -2.31. The summed E-state index contributed by atoms with van der Waals surface area (Å²) < 4.78 is 25.3. The van der Waals surface area contributed by atoms with Crippen molar-refractivity contribution in [3.05, 3.63) is 131 Å². The second kappa shape index (κ2) is 13.4. The monoisotopic (exact) mass is 554 g/mol.